The van der Waals surface area contributed by atoms with Crippen molar-refractivity contribution in [3.05, 3.63) is 0 Å². The normalized spacial score (nSPS) is 18.2. The van der Waals surface area contributed by atoms with Gasteiger partial charge in [-0.1, -0.05) is 46.5 Å². The molecule has 0 amide bonds. The zero-order valence-corrected chi connectivity index (χ0v) is 9.16. The Bertz CT molecular complexity index is 115. The number of hydrogen-bond donors (Lipinski definition) is 2. The van der Waals surface area contributed by atoms with Crippen LogP contribution in [0, 0.1) is 5.92 Å². The molecule has 0 bridgehead atoms. The predicted molar refractivity (Wildman–Crippen MR) is 55.6 cm³/mol. The largest absolute Gasteiger partial charge is 0.390 e. The molecule has 2 N–H and O–H groups in total. The van der Waals surface area contributed by atoms with Crippen molar-refractivity contribution in [3.63, 3.8) is 0 Å². The topological polar surface area (TPSA) is 40.5 Å². The van der Waals surface area contributed by atoms with Gasteiger partial charge in [-0.2, -0.15) is 0 Å². The molecule has 13 heavy (non-hydrogen) atoms. The lowest BCUT2D eigenvalue weighted by molar-refractivity contribution is -0.0184. The second kappa shape index (κ2) is 7.34. The quantitative estimate of drug-likeness (QED) is 0.602. The summed E-state index contributed by atoms with van der Waals surface area (Å²) in [5.74, 6) is 0.205. The molecular weight excluding hydrogens is 164 g/mol. The summed E-state index contributed by atoms with van der Waals surface area (Å²) < 4.78 is 0. The van der Waals surface area contributed by atoms with Crippen LogP contribution >= 0.6 is 0 Å². The predicted octanol–water partition coefficient (Wildman–Crippen LogP) is 2.33. The lowest BCUT2D eigenvalue weighted by Gasteiger charge is -2.22. The van der Waals surface area contributed by atoms with Gasteiger partial charge in [-0.15, -0.1) is 0 Å². The van der Waals surface area contributed by atoms with E-state index >= 15 is 0 Å². The minimum Gasteiger partial charge on any atom is -0.390 e. The van der Waals surface area contributed by atoms with Gasteiger partial charge >= 0.3 is 0 Å². The maximum absolute atomic E-state index is 9.64. The highest BCUT2D eigenvalue weighted by Gasteiger charge is 2.20. The average molecular weight is 188 g/mol. The van der Waals surface area contributed by atoms with Gasteiger partial charge < -0.3 is 10.2 Å². The minimum atomic E-state index is -0.540. The van der Waals surface area contributed by atoms with E-state index in [2.05, 4.69) is 6.92 Å². The van der Waals surface area contributed by atoms with Gasteiger partial charge in [0.2, 0.25) is 0 Å². The maximum Gasteiger partial charge on any atom is 0.0824 e. The Balaban J connectivity index is 3.62. The monoisotopic (exact) mass is 188 g/mol. The van der Waals surface area contributed by atoms with Gasteiger partial charge in [-0.3, -0.25) is 0 Å². The summed E-state index contributed by atoms with van der Waals surface area (Å²) in [6, 6.07) is 0. The molecule has 2 nitrogen and oxygen atoms in total. The Labute approximate surface area is 82.0 Å². The molecule has 2 heteroatoms. The van der Waals surface area contributed by atoms with E-state index in [1.165, 1.54) is 0 Å². The summed E-state index contributed by atoms with van der Waals surface area (Å²) in [7, 11) is 0. The first-order valence-corrected chi connectivity index (χ1v) is 5.49. The minimum absolute atomic E-state index is 0.205. The number of aliphatic hydroxyl groups is 2. The van der Waals surface area contributed by atoms with Crippen LogP contribution in [0.2, 0.25) is 0 Å². The van der Waals surface area contributed by atoms with Crippen molar-refractivity contribution in [2.24, 2.45) is 5.92 Å². The van der Waals surface area contributed by atoms with E-state index < -0.39 is 12.2 Å². The molecule has 0 heterocycles. The molecule has 0 fully saturated rings. The smallest absolute Gasteiger partial charge is 0.0824 e. The van der Waals surface area contributed by atoms with Crippen LogP contribution in [0.5, 0.6) is 0 Å². The lowest BCUT2D eigenvalue weighted by atomic mass is 9.94. The van der Waals surface area contributed by atoms with Crippen LogP contribution in [0.25, 0.3) is 0 Å². The first kappa shape index (κ1) is 12.9. The number of unbranched alkanes of at least 4 members (excludes halogenated alkanes) is 2. The Morgan fingerprint density at radius 3 is 2.15 bits per heavy atom. The molecule has 0 spiro atoms. The second-order valence-electron chi connectivity index (χ2n) is 3.94. The fourth-order valence-electron chi connectivity index (χ4n) is 1.39. The van der Waals surface area contributed by atoms with Crippen LogP contribution in [-0.2, 0) is 0 Å². The Morgan fingerprint density at radius 2 is 1.69 bits per heavy atom. The number of rotatable bonds is 7. The first-order valence-electron chi connectivity index (χ1n) is 5.49. The third kappa shape index (κ3) is 5.27. The van der Waals surface area contributed by atoms with Crippen molar-refractivity contribution >= 4 is 0 Å². The van der Waals surface area contributed by atoms with Gasteiger partial charge in [-0.25, -0.2) is 0 Å². The summed E-state index contributed by atoms with van der Waals surface area (Å²) in [4.78, 5) is 0. The molecule has 0 rings (SSSR count). The molecular formula is C11H24O2. The average Bonchev–Trinajstić information content (AvgIpc) is 2.15. The van der Waals surface area contributed by atoms with Gasteiger partial charge in [0, 0.05) is 0 Å². The molecule has 0 saturated heterocycles. The van der Waals surface area contributed by atoms with E-state index in [-0.39, 0.29) is 5.92 Å². The first-order chi connectivity index (χ1) is 6.13. The van der Waals surface area contributed by atoms with E-state index in [1.54, 1.807) is 0 Å². The van der Waals surface area contributed by atoms with Crippen molar-refractivity contribution in [1.29, 1.82) is 0 Å². The fourth-order valence-corrected chi connectivity index (χ4v) is 1.39. The van der Waals surface area contributed by atoms with Crippen LogP contribution in [0.15, 0.2) is 0 Å². The molecule has 0 aliphatic carbocycles. The van der Waals surface area contributed by atoms with E-state index in [0.717, 1.165) is 32.1 Å². The molecule has 3 unspecified atom stereocenters. The zero-order valence-electron chi connectivity index (χ0n) is 9.16. The molecule has 0 aliphatic heterocycles. The molecule has 0 aliphatic rings. The van der Waals surface area contributed by atoms with Crippen molar-refractivity contribution in [1.82, 2.24) is 0 Å². The van der Waals surface area contributed by atoms with Crippen molar-refractivity contribution in [3.8, 4) is 0 Å². The molecule has 80 valence electrons. The van der Waals surface area contributed by atoms with E-state index in [9.17, 15) is 10.2 Å². The summed E-state index contributed by atoms with van der Waals surface area (Å²) in [6.07, 6.45) is 3.91. The molecule has 0 aromatic rings. The standard InChI is InChI=1S/C11H24O2/c1-4-6-7-8-10(12)11(13)9(3)5-2/h9-13H,4-8H2,1-3H3. The second-order valence-corrected chi connectivity index (χ2v) is 3.94. The van der Waals surface area contributed by atoms with Gasteiger partial charge in [-0.05, 0) is 12.3 Å². The van der Waals surface area contributed by atoms with Gasteiger partial charge in [0.05, 0.1) is 12.2 Å². The maximum atomic E-state index is 9.64. The fraction of sp³-hybridized carbons (Fsp3) is 1.00. The summed E-state index contributed by atoms with van der Waals surface area (Å²) >= 11 is 0. The van der Waals surface area contributed by atoms with Crippen molar-refractivity contribution in [2.75, 3.05) is 0 Å². The summed E-state index contributed by atoms with van der Waals surface area (Å²) in [6.45, 7) is 6.15. The third-order valence-electron chi connectivity index (χ3n) is 2.72. The number of hydrogen-bond acceptors (Lipinski definition) is 2. The highest BCUT2D eigenvalue weighted by atomic mass is 16.3. The van der Waals surface area contributed by atoms with E-state index in [0.29, 0.717) is 0 Å². The van der Waals surface area contributed by atoms with Crippen LogP contribution in [0.1, 0.15) is 52.9 Å². The lowest BCUT2D eigenvalue weighted by Crippen LogP contribution is -2.31. The molecule has 3 atom stereocenters. The van der Waals surface area contributed by atoms with Gasteiger partial charge in [0.25, 0.3) is 0 Å². The molecule has 0 aromatic carbocycles. The van der Waals surface area contributed by atoms with E-state index in [1.807, 2.05) is 13.8 Å². The SMILES string of the molecule is CCCCCC(O)C(O)C(C)CC. The van der Waals surface area contributed by atoms with Gasteiger partial charge in [0.1, 0.15) is 0 Å². The Hall–Kier alpha value is -0.0800. The van der Waals surface area contributed by atoms with Crippen LogP contribution in [0.4, 0.5) is 0 Å². The summed E-state index contributed by atoms with van der Waals surface area (Å²) in [5.41, 5.74) is 0. The summed E-state index contributed by atoms with van der Waals surface area (Å²) in [5, 5.41) is 19.2. The third-order valence-corrected chi connectivity index (χ3v) is 2.72. The molecule has 0 saturated carbocycles. The van der Waals surface area contributed by atoms with Crippen LogP contribution in [0.3, 0.4) is 0 Å². The Morgan fingerprint density at radius 1 is 1.08 bits per heavy atom. The molecule has 0 radical (unpaired) electrons. The van der Waals surface area contributed by atoms with Crippen molar-refractivity contribution < 1.29 is 10.2 Å². The molecule has 0 aromatic heterocycles. The zero-order chi connectivity index (χ0) is 10.3. The van der Waals surface area contributed by atoms with Crippen LogP contribution in [-0.4, -0.2) is 22.4 Å². The highest BCUT2D eigenvalue weighted by Crippen LogP contribution is 2.15. The van der Waals surface area contributed by atoms with Crippen molar-refractivity contribution in [2.45, 2.75) is 65.1 Å². The Kier molecular flexibility index (Phi) is 7.29. The van der Waals surface area contributed by atoms with E-state index in [4.69, 9.17) is 0 Å². The van der Waals surface area contributed by atoms with Gasteiger partial charge in [0.15, 0.2) is 0 Å². The highest BCUT2D eigenvalue weighted by molar-refractivity contribution is 4.71. The van der Waals surface area contributed by atoms with Crippen LogP contribution < -0.4 is 0 Å². The number of aliphatic hydroxyl groups excluding tert-OH is 2.